The van der Waals surface area contributed by atoms with Gasteiger partial charge in [0.1, 0.15) is 5.82 Å². The third-order valence-electron chi connectivity index (χ3n) is 2.55. The van der Waals surface area contributed by atoms with Gasteiger partial charge in [0.25, 0.3) is 0 Å². The predicted molar refractivity (Wildman–Crippen MR) is 74.1 cm³/mol. The Kier molecular flexibility index (Phi) is 4.04. The second-order valence-corrected chi connectivity index (χ2v) is 5.09. The number of aromatic nitrogens is 1. The van der Waals surface area contributed by atoms with Crippen molar-refractivity contribution in [3.8, 4) is 11.1 Å². The zero-order valence-electron chi connectivity index (χ0n) is 9.60. The minimum Gasteiger partial charge on any atom is -0.383 e. The second kappa shape index (κ2) is 5.31. The Morgan fingerprint density at radius 2 is 1.75 bits per heavy atom. The Morgan fingerprint density at radius 3 is 2.35 bits per heavy atom. The van der Waals surface area contributed by atoms with Crippen LogP contribution in [0.3, 0.4) is 0 Å². The molecule has 0 saturated heterocycles. The number of nitrogens with two attached hydrogens (primary N) is 1. The van der Waals surface area contributed by atoms with Crippen LogP contribution in [0.2, 0.25) is 15.1 Å². The van der Waals surface area contributed by atoms with E-state index in [2.05, 4.69) is 4.98 Å². The van der Waals surface area contributed by atoms with Crippen LogP contribution in [0.5, 0.6) is 0 Å². The van der Waals surface area contributed by atoms with Gasteiger partial charge in [0.05, 0.1) is 15.6 Å². The molecule has 0 amide bonds. The van der Waals surface area contributed by atoms with Crippen molar-refractivity contribution < 1.29 is 13.2 Å². The molecule has 0 aliphatic carbocycles. The quantitative estimate of drug-likeness (QED) is 0.714. The number of anilines is 1. The highest BCUT2D eigenvalue weighted by molar-refractivity contribution is 6.45. The molecule has 1 heterocycles. The molecule has 0 bridgehead atoms. The van der Waals surface area contributed by atoms with Gasteiger partial charge in [-0.3, -0.25) is 0 Å². The summed E-state index contributed by atoms with van der Waals surface area (Å²) >= 11 is 17.6. The monoisotopic (exact) mass is 340 g/mol. The van der Waals surface area contributed by atoms with Crippen LogP contribution in [0, 0.1) is 0 Å². The molecule has 0 fully saturated rings. The Balaban J connectivity index is 2.83. The zero-order valence-corrected chi connectivity index (χ0v) is 11.9. The lowest BCUT2D eigenvalue weighted by Gasteiger charge is -2.16. The molecule has 2 aromatic rings. The number of nitrogens with zero attached hydrogens (tertiary/aromatic N) is 1. The maximum absolute atomic E-state index is 13.1. The molecule has 0 atom stereocenters. The smallest absolute Gasteiger partial charge is 0.383 e. The Hall–Kier alpha value is -1.17. The van der Waals surface area contributed by atoms with Crippen LogP contribution < -0.4 is 5.73 Å². The van der Waals surface area contributed by atoms with Crippen LogP contribution in [0.25, 0.3) is 11.1 Å². The van der Waals surface area contributed by atoms with Crippen molar-refractivity contribution in [2.24, 2.45) is 0 Å². The lowest BCUT2D eigenvalue weighted by atomic mass is 10.0. The van der Waals surface area contributed by atoms with E-state index in [-0.39, 0.29) is 32.0 Å². The third-order valence-corrected chi connectivity index (χ3v) is 3.57. The molecule has 0 spiro atoms. The van der Waals surface area contributed by atoms with Crippen LogP contribution in [-0.2, 0) is 6.18 Å². The van der Waals surface area contributed by atoms with Crippen molar-refractivity contribution in [2.75, 3.05) is 5.73 Å². The van der Waals surface area contributed by atoms with Gasteiger partial charge in [0.2, 0.25) is 0 Å². The fraction of sp³-hybridized carbons (Fsp3) is 0.0833. The molecule has 1 aromatic carbocycles. The first-order chi connectivity index (χ1) is 9.21. The number of rotatable bonds is 1. The van der Waals surface area contributed by atoms with E-state index in [4.69, 9.17) is 40.5 Å². The van der Waals surface area contributed by atoms with E-state index in [1.165, 1.54) is 12.1 Å². The summed E-state index contributed by atoms with van der Waals surface area (Å²) in [6, 6.07) is 3.41. The molecule has 0 unspecified atom stereocenters. The summed E-state index contributed by atoms with van der Waals surface area (Å²) in [6.45, 7) is 0. The second-order valence-electron chi connectivity index (χ2n) is 3.87. The number of pyridine rings is 1. The maximum atomic E-state index is 13.1. The van der Waals surface area contributed by atoms with Crippen molar-refractivity contribution in [1.29, 1.82) is 0 Å². The summed E-state index contributed by atoms with van der Waals surface area (Å²) in [6.07, 6.45) is -3.63. The summed E-state index contributed by atoms with van der Waals surface area (Å²) in [4.78, 5) is 3.66. The SMILES string of the molecule is Nc1nccc(C(F)(F)F)c1-c1cc(Cl)cc(Cl)c1Cl. The van der Waals surface area contributed by atoms with Crippen LogP contribution >= 0.6 is 34.8 Å². The van der Waals surface area contributed by atoms with Crippen molar-refractivity contribution in [1.82, 2.24) is 4.98 Å². The van der Waals surface area contributed by atoms with Crippen molar-refractivity contribution in [3.63, 3.8) is 0 Å². The zero-order chi connectivity index (χ0) is 15.1. The van der Waals surface area contributed by atoms with E-state index in [1.54, 1.807) is 0 Å². The topological polar surface area (TPSA) is 38.9 Å². The van der Waals surface area contributed by atoms with E-state index < -0.39 is 11.7 Å². The average Bonchev–Trinajstić information content (AvgIpc) is 2.32. The molecule has 2 N–H and O–H groups in total. The number of alkyl halides is 3. The van der Waals surface area contributed by atoms with E-state index in [0.717, 1.165) is 12.3 Å². The van der Waals surface area contributed by atoms with Gasteiger partial charge >= 0.3 is 6.18 Å². The minimum absolute atomic E-state index is 0.0120. The van der Waals surface area contributed by atoms with Crippen molar-refractivity contribution in [2.45, 2.75) is 6.18 Å². The fourth-order valence-corrected chi connectivity index (χ4v) is 2.43. The first-order valence-electron chi connectivity index (χ1n) is 5.18. The highest BCUT2D eigenvalue weighted by atomic mass is 35.5. The molecule has 2 rings (SSSR count). The van der Waals surface area contributed by atoms with E-state index in [1.807, 2.05) is 0 Å². The lowest BCUT2D eigenvalue weighted by molar-refractivity contribution is -0.137. The summed E-state index contributed by atoms with van der Waals surface area (Å²) in [5.41, 5.74) is 4.26. The average molecular weight is 342 g/mol. The van der Waals surface area contributed by atoms with Crippen LogP contribution in [0.4, 0.5) is 19.0 Å². The minimum atomic E-state index is -4.61. The first-order valence-corrected chi connectivity index (χ1v) is 6.31. The maximum Gasteiger partial charge on any atom is 0.417 e. The van der Waals surface area contributed by atoms with Gasteiger partial charge < -0.3 is 5.73 Å². The molecule has 8 heteroatoms. The summed E-state index contributed by atoms with van der Waals surface area (Å²) in [7, 11) is 0. The predicted octanol–water partition coefficient (Wildman–Crippen LogP) is 5.31. The molecule has 0 radical (unpaired) electrons. The first kappa shape index (κ1) is 15.2. The van der Waals surface area contributed by atoms with Gasteiger partial charge in [-0.15, -0.1) is 0 Å². The van der Waals surface area contributed by atoms with Crippen LogP contribution in [0.1, 0.15) is 5.56 Å². The standard InChI is InChI=1S/C12H6Cl3F3N2/c13-5-3-6(10(15)8(14)4-5)9-7(12(16,17)18)1-2-20-11(9)19/h1-4H,(H2,19,20). The number of halogens is 6. The van der Waals surface area contributed by atoms with Gasteiger partial charge in [-0.25, -0.2) is 4.98 Å². The van der Waals surface area contributed by atoms with E-state index in [0.29, 0.717) is 0 Å². The number of benzene rings is 1. The third kappa shape index (κ3) is 2.80. The highest BCUT2D eigenvalue weighted by Crippen LogP contribution is 2.44. The highest BCUT2D eigenvalue weighted by Gasteiger charge is 2.35. The molecule has 0 aliphatic heterocycles. The molecule has 20 heavy (non-hydrogen) atoms. The Labute approximate surface area is 127 Å². The number of nitrogen functional groups attached to an aromatic ring is 1. The fourth-order valence-electron chi connectivity index (χ4n) is 1.74. The van der Waals surface area contributed by atoms with Gasteiger partial charge in [0.15, 0.2) is 0 Å². The molecular formula is C12H6Cl3F3N2. The summed E-state index contributed by atoms with van der Waals surface area (Å²) in [5.74, 6) is -0.306. The van der Waals surface area contributed by atoms with Crippen molar-refractivity contribution >= 4 is 40.6 Å². The number of hydrogen-bond acceptors (Lipinski definition) is 2. The van der Waals surface area contributed by atoms with Crippen LogP contribution in [0.15, 0.2) is 24.4 Å². The molecule has 2 nitrogen and oxygen atoms in total. The number of hydrogen-bond donors (Lipinski definition) is 1. The van der Waals surface area contributed by atoms with Gasteiger partial charge in [-0.2, -0.15) is 13.2 Å². The van der Waals surface area contributed by atoms with Crippen molar-refractivity contribution in [3.05, 3.63) is 45.0 Å². The molecule has 106 valence electrons. The summed E-state index contributed by atoms with van der Waals surface area (Å²) in [5, 5.41) is 0.109. The van der Waals surface area contributed by atoms with E-state index in [9.17, 15) is 13.2 Å². The molecular weight excluding hydrogens is 335 g/mol. The molecule has 0 aliphatic rings. The van der Waals surface area contributed by atoms with E-state index >= 15 is 0 Å². The normalized spacial score (nSPS) is 11.7. The summed E-state index contributed by atoms with van der Waals surface area (Å²) < 4.78 is 39.2. The Morgan fingerprint density at radius 1 is 1.10 bits per heavy atom. The van der Waals surface area contributed by atoms with Crippen LogP contribution in [-0.4, -0.2) is 4.98 Å². The Bertz CT molecular complexity index is 672. The van der Waals surface area contributed by atoms with Gasteiger partial charge in [0, 0.05) is 22.3 Å². The lowest BCUT2D eigenvalue weighted by Crippen LogP contribution is -2.10. The molecule has 1 aromatic heterocycles. The van der Waals surface area contributed by atoms with Gasteiger partial charge in [-0.05, 0) is 18.2 Å². The van der Waals surface area contributed by atoms with Gasteiger partial charge in [-0.1, -0.05) is 34.8 Å². The molecule has 0 saturated carbocycles. The largest absolute Gasteiger partial charge is 0.417 e.